The number of aliphatic imine (C=N–C) groups is 1. The molecule has 2 aliphatic rings. The Morgan fingerprint density at radius 2 is 2.00 bits per heavy atom. The summed E-state index contributed by atoms with van der Waals surface area (Å²) >= 11 is 3.43. The molecule has 2 aromatic rings. The molecule has 1 saturated carbocycles. The first-order chi connectivity index (χ1) is 12.7. The minimum Gasteiger partial charge on any atom is -0.349 e. The maximum absolute atomic E-state index is 13.1. The fraction of sp³-hybridized carbons (Fsp3) is 0.524. The van der Waals surface area contributed by atoms with Crippen LogP contribution in [0.4, 0.5) is 5.00 Å². The largest absolute Gasteiger partial charge is 0.349 e. The maximum atomic E-state index is 13.1. The van der Waals surface area contributed by atoms with E-state index < -0.39 is 0 Å². The quantitative estimate of drug-likeness (QED) is 0.662. The van der Waals surface area contributed by atoms with E-state index >= 15 is 0 Å². The number of nitrogens with zero attached hydrogens (tertiary/aromatic N) is 1. The first kappa shape index (κ1) is 17.9. The Morgan fingerprint density at radius 3 is 2.77 bits per heavy atom. The van der Waals surface area contributed by atoms with Crippen molar-refractivity contribution in [3.63, 3.8) is 0 Å². The van der Waals surface area contributed by atoms with Gasteiger partial charge in [0, 0.05) is 22.0 Å². The molecule has 2 aromatic heterocycles. The number of amides is 1. The van der Waals surface area contributed by atoms with Crippen molar-refractivity contribution in [1.29, 1.82) is 0 Å². The van der Waals surface area contributed by atoms with Gasteiger partial charge in [-0.05, 0) is 68.0 Å². The lowest BCUT2D eigenvalue weighted by molar-refractivity contribution is 0.0927. The van der Waals surface area contributed by atoms with Crippen molar-refractivity contribution >= 4 is 39.8 Å². The molecule has 0 bridgehead atoms. The molecule has 26 heavy (non-hydrogen) atoms. The average molecular weight is 387 g/mol. The first-order valence-electron chi connectivity index (χ1n) is 9.76. The second-order valence-corrected chi connectivity index (χ2v) is 9.46. The van der Waals surface area contributed by atoms with E-state index in [9.17, 15) is 4.79 Å². The number of nitrogens with one attached hydrogen (secondary N) is 1. The molecule has 1 fully saturated rings. The summed E-state index contributed by atoms with van der Waals surface area (Å²) in [5.74, 6) is 0.103. The predicted molar refractivity (Wildman–Crippen MR) is 112 cm³/mol. The Bertz CT molecular complexity index is 812. The molecule has 5 heteroatoms. The summed E-state index contributed by atoms with van der Waals surface area (Å²) in [4.78, 5) is 20.4. The van der Waals surface area contributed by atoms with Crippen LogP contribution in [-0.2, 0) is 12.8 Å². The van der Waals surface area contributed by atoms with Gasteiger partial charge in [-0.1, -0.05) is 19.3 Å². The lowest BCUT2D eigenvalue weighted by Crippen LogP contribution is -2.36. The average Bonchev–Trinajstić information content (AvgIpc) is 3.23. The predicted octanol–water partition coefficient (Wildman–Crippen LogP) is 5.81. The van der Waals surface area contributed by atoms with Crippen molar-refractivity contribution in [1.82, 2.24) is 5.32 Å². The minimum atomic E-state index is 0.103. The molecular formula is C21H26N2OS2. The van der Waals surface area contributed by atoms with E-state index in [4.69, 9.17) is 4.99 Å². The van der Waals surface area contributed by atoms with Gasteiger partial charge in [0.1, 0.15) is 5.00 Å². The molecule has 0 aliphatic heterocycles. The Labute approximate surface area is 163 Å². The van der Waals surface area contributed by atoms with Gasteiger partial charge in [-0.2, -0.15) is 0 Å². The standard InChI is InChI=1S/C21H26N2OS2/c1-14-11-12-25-18(14)13-22-21-19(16-9-5-6-10-17(16)26-21)20(24)23-15-7-3-2-4-8-15/h11-13,15H,2-10H2,1H3,(H,23,24)/b22-13-. The molecule has 0 atom stereocenters. The lowest BCUT2D eigenvalue weighted by atomic mass is 9.93. The SMILES string of the molecule is Cc1ccsc1/C=N\c1sc2c(c1C(=O)NC1CCCCC1)CCCC2. The Hall–Kier alpha value is -1.46. The highest BCUT2D eigenvalue weighted by molar-refractivity contribution is 7.16. The highest BCUT2D eigenvalue weighted by atomic mass is 32.1. The summed E-state index contributed by atoms with van der Waals surface area (Å²) < 4.78 is 0. The van der Waals surface area contributed by atoms with Gasteiger partial charge in [0.15, 0.2) is 0 Å². The van der Waals surface area contributed by atoms with Gasteiger partial charge in [0.05, 0.1) is 5.56 Å². The lowest BCUT2D eigenvalue weighted by Gasteiger charge is -2.23. The fourth-order valence-electron chi connectivity index (χ4n) is 4.02. The summed E-state index contributed by atoms with van der Waals surface area (Å²) in [7, 11) is 0. The van der Waals surface area contributed by atoms with Crippen LogP contribution in [0.15, 0.2) is 16.4 Å². The highest BCUT2D eigenvalue weighted by Crippen LogP contribution is 2.40. The van der Waals surface area contributed by atoms with Gasteiger partial charge in [0.25, 0.3) is 5.91 Å². The number of carbonyl (C=O) groups is 1. The van der Waals surface area contributed by atoms with Crippen molar-refractivity contribution < 1.29 is 4.79 Å². The van der Waals surface area contributed by atoms with Crippen LogP contribution in [0.1, 0.15) is 76.2 Å². The van der Waals surface area contributed by atoms with E-state index in [1.165, 1.54) is 53.0 Å². The van der Waals surface area contributed by atoms with Crippen LogP contribution in [0.2, 0.25) is 0 Å². The van der Waals surface area contributed by atoms with Crippen LogP contribution in [0, 0.1) is 6.92 Å². The van der Waals surface area contributed by atoms with Crippen LogP contribution < -0.4 is 5.32 Å². The molecule has 0 spiro atoms. The molecule has 0 radical (unpaired) electrons. The summed E-state index contributed by atoms with van der Waals surface area (Å²) in [6.45, 7) is 2.11. The summed E-state index contributed by atoms with van der Waals surface area (Å²) in [6, 6.07) is 2.45. The molecule has 2 heterocycles. The van der Waals surface area contributed by atoms with Crippen LogP contribution in [0.25, 0.3) is 0 Å². The van der Waals surface area contributed by atoms with Crippen molar-refractivity contribution in [3.8, 4) is 0 Å². The second-order valence-electron chi connectivity index (χ2n) is 7.43. The Kier molecular flexibility index (Phi) is 5.55. The van der Waals surface area contributed by atoms with Crippen LogP contribution in [-0.4, -0.2) is 18.2 Å². The van der Waals surface area contributed by atoms with Crippen LogP contribution >= 0.6 is 22.7 Å². The third-order valence-electron chi connectivity index (χ3n) is 5.52. The monoisotopic (exact) mass is 386 g/mol. The molecule has 0 saturated heterocycles. The summed E-state index contributed by atoms with van der Waals surface area (Å²) in [5, 5.41) is 6.30. The van der Waals surface area contributed by atoms with Crippen molar-refractivity contribution in [2.24, 2.45) is 4.99 Å². The third kappa shape index (κ3) is 3.79. The van der Waals surface area contributed by atoms with Crippen molar-refractivity contribution in [2.45, 2.75) is 70.8 Å². The van der Waals surface area contributed by atoms with E-state index in [0.29, 0.717) is 6.04 Å². The summed E-state index contributed by atoms with van der Waals surface area (Å²) in [6.07, 6.45) is 12.5. The van der Waals surface area contributed by atoms with Gasteiger partial charge >= 0.3 is 0 Å². The number of hydrogen-bond donors (Lipinski definition) is 1. The summed E-state index contributed by atoms with van der Waals surface area (Å²) in [5.41, 5.74) is 3.37. The zero-order valence-corrected chi connectivity index (χ0v) is 17.0. The van der Waals surface area contributed by atoms with Gasteiger partial charge in [-0.3, -0.25) is 4.79 Å². The zero-order chi connectivity index (χ0) is 17.9. The third-order valence-corrected chi connectivity index (χ3v) is 7.67. The van der Waals surface area contributed by atoms with E-state index in [1.54, 1.807) is 22.7 Å². The van der Waals surface area contributed by atoms with Gasteiger partial charge < -0.3 is 5.32 Å². The fourth-order valence-corrected chi connectivity index (χ4v) is 6.03. The first-order valence-corrected chi connectivity index (χ1v) is 11.5. The van der Waals surface area contributed by atoms with E-state index in [1.807, 2.05) is 6.21 Å². The number of thiophene rings is 2. The number of aryl methyl sites for hydroxylation is 2. The number of hydrogen-bond acceptors (Lipinski definition) is 4. The number of rotatable bonds is 4. The molecular weight excluding hydrogens is 360 g/mol. The van der Waals surface area contributed by atoms with E-state index in [-0.39, 0.29) is 5.91 Å². The van der Waals surface area contributed by atoms with Crippen molar-refractivity contribution in [2.75, 3.05) is 0 Å². The number of carbonyl (C=O) groups excluding carboxylic acids is 1. The minimum absolute atomic E-state index is 0.103. The molecule has 1 N–H and O–H groups in total. The molecule has 0 unspecified atom stereocenters. The Morgan fingerprint density at radius 1 is 1.19 bits per heavy atom. The normalized spacial score (nSPS) is 18.2. The van der Waals surface area contributed by atoms with Gasteiger partial charge in [-0.25, -0.2) is 4.99 Å². The molecule has 2 aliphatic carbocycles. The van der Waals surface area contributed by atoms with E-state index in [0.717, 1.165) is 36.2 Å². The van der Waals surface area contributed by atoms with Crippen molar-refractivity contribution in [3.05, 3.63) is 37.9 Å². The molecule has 3 nitrogen and oxygen atoms in total. The van der Waals surface area contributed by atoms with E-state index in [2.05, 4.69) is 23.7 Å². The smallest absolute Gasteiger partial charge is 0.254 e. The zero-order valence-electron chi connectivity index (χ0n) is 15.3. The second kappa shape index (κ2) is 8.05. The Balaban J connectivity index is 1.63. The van der Waals surface area contributed by atoms with Crippen LogP contribution in [0.3, 0.4) is 0 Å². The van der Waals surface area contributed by atoms with Gasteiger partial charge in [-0.15, -0.1) is 22.7 Å². The van der Waals surface area contributed by atoms with Crippen LogP contribution in [0.5, 0.6) is 0 Å². The molecule has 138 valence electrons. The molecule has 0 aromatic carbocycles. The molecule has 4 rings (SSSR count). The maximum Gasteiger partial charge on any atom is 0.254 e. The molecule has 1 amide bonds. The van der Waals surface area contributed by atoms with Gasteiger partial charge in [0.2, 0.25) is 0 Å². The highest BCUT2D eigenvalue weighted by Gasteiger charge is 2.27. The topological polar surface area (TPSA) is 41.5 Å². The number of fused-ring (bicyclic) bond motifs is 1.